The molecule has 1 unspecified atom stereocenters. The predicted molar refractivity (Wildman–Crippen MR) is 121 cm³/mol. The molecule has 0 amide bonds. The molecule has 4 nitrogen and oxygen atoms in total. The van der Waals surface area contributed by atoms with Gasteiger partial charge in [-0.25, -0.2) is 0 Å². The van der Waals surface area contributed by atoms with Crippen molar-refractivity contribution in [2.75, 3.05) is 14.2 Å². The molecule has 0 spiro atoms. The van der Waals surface area contributed by atoms with E-state index in [0.717, 1.165) is 33.7 Å². The maximum atomic E-state index is 10.2. The number of benzene rings is 2. The van der Waals surface area contributed by atoms with Gasteiger partial charge in [0.1, 0.15) is 0 Å². The maximum Gasteiger partial charge on any atom is 0.161 e. The van der Waals surface area contributed by atoms with Crippen molar-refractivity contribution in [2.24, 2.45) is 5.41 Å². The van der Waals surface area contributed by atoms with Crippen molar-refractivity contribution in [1.29, 1.82) is 5.26 Å². The minimum atomic E-state index is -0.182. The lowest BCUT2D eigenvalue weighted by molar-refractivity contribution is 0.355. The molecule has 4 heteroatoms. The summed E-state index contributed by atoms with van der Waals surface area (Å²) in [4.78, 5) is 0. The molecule has 1 heterocycles. The molecule has 2 aromatic carbocycles. The van der Waals surface area contributed by atoms with Crippen LogP contribution < -0.4 is 14.8 Å². The molecule has 2 aromatic rings. The molecule has 156 valence electrons. The molecule has 0 fully saturated rings. The number of hydrogen-bond acceptors (Lipinski definition) is 4. The van der Waals surface area contributed by atoms with Crippen molar-refractivity contribution in [3.05, 3.63) is 76.1 Å². The van der Waals surface area contributed by atoms with E-state index in [1.807, 2.05) is 18.2 Å². The summed E-state index contributed by atoms with van der Waals surface area (Å²) in [5.41, 5.74) is 6.95. The number of ether oxygens (including phenoxy) is 2. The molecular formula is C26H30N2O2. The zero-order chi connectivity index (χ0) is 22.1. The van der Waals surface area contributed by atoms with E-state index in [0.29, 0.717) is 11.5 Å². The fourth-order valence-electron chi connectivity index (χ4n) is 4.02. The van der Waals surface area contributed by atoms with E-state index in [9.17, 15) is 5.26 Å². The van der Waals surface area contributed by atoms with Gasteiger partial charge in [-0.3, -0.25) is 0 Å². The molecule has 1 N–H and O–H groups in total. The summed E-state index contributed by atoms with van der Waals surface area (Å²) < 4.78 is 11.0. The summed E-state index contributed by atoms with van der Waals surface area (Å²) in [6.07, 6.45) is 0. The van der Waals surface area contributed by atoms with Crippen molar-refractivity contribution < 1.29 is 9.47 Å². The van der Waals surface area contributed by atoms with Crippen LogP contribution in [0.4, 0.5) is 0 Å². The highest BCUT2D eigenvalue weighted by atomic mass is 16.5. The largest absolute Gasteiger partial charge is 0.493 e. The average molecular weight is 403 g/mol. The number of hydrogen-bond donors (Lipinski definition) is 1. The van der Waals surface area contributed by atoms with E-state index in [-0.39, 0.29) is 11.3 Å². The SMILES string of the molecule is COc1ccc(C2=C(C)NC(C(C)(C)C)=C(C#N)C2c2ccc(C)cc2)cc1OC. The monoisotopic (exact) mass is 402 g/mol. The number of dihydropyridines is 1. The summed E-state index contributed by atoms with van der Waals surface area (Å²) >= 11 is 0. The lowest BCUT2D eigenvalue weighted by atomic mass is 9.74. The van der Waals surface area contributed by atoms with Gasteiger partial charge in [0.15, 0.2) is 11.5 Å². The Morgan fingerprint density at radius 3 is 2.10 bits per heavy atom. The Bertz CT molecular complexity index is 1050. The standard InChI is InChI=1S/C26H30N2O2/c1-16-8-10-18(11-9-16)24-20(15-27)25(26(3,4)5)28-17(2)23(24)19-12-13-21(29-6)22(14-19)30-7/h8-14,24,28H,1-7H3. The first-order chi connectivity index (χ1) is 14.2. The van der Waals surface area contributed by atoms with Crippen LogP contribution in [0.15, 0.2) is 59.4 Å². The summed E-state index contributed by atoms with van der Waals surface area (Å²) in [7, 11) is 3.27. The van der Waals surface area contributed by atoms with E-state index >= 15 is 0 Å². The van der Waals surface area contributed by atoms with Crippen LogP contribution in [0.3, 0.4) is 0 Å². The van der Waals surface area contributed by atoms with Gasteiger partial charge in [0.25, 0.3) is 0 Å². The Morgan fingerprint density at radius 1 is 0.933 bits per heavy atom. The number of nitrogens with zero attached hydrogens (tertiary/aromatic N) is 1. The molecule has 0 radical (unpaired) electrons. The van der Waals surface area contributed by atoms with Crippen LogP contribution in [-0.2, 0) is 0 Å². The summed E-state index contributed by atoms with van der Waals surface area (Å²) in [5.74, 6) is 1.19. The number of aryl methyl sites for hydroxylation is 1. The Hall–Kier alpha value is -3.19. The van der Waals surface area contributed by atoms with Crippen molar-refractivity contribution >= 4 is 5.57 Å². The average Bonchev–Trinajstić information content (AvgIpc) is 2.72. The Kier molecular flexibility index (Phi) is 5.94. The fraction of sp³-hybridized carbons (Fsp3) is 0.346. The van der Waals surface area contributed by atoms with Crippen LogP contribution in [0.5, 0.6) is 11.5 Å². The van der Waals surface area contributed by atoms with E-state index in [2.05, 4.69) is 70.3 Å². The first-order valence-electron chi connectivity index (χ1n) is 10.1. The van der Waals surface area contributed by atoms with Gasteiger partial charge in [0.05, 0.1) is 25.9 Å². The van der Waals surface area contributed by atoms with Gasteiger partial charge in [-0.05, 0) is 42.7 Å². The third-order valence-electron chi connectivity index (χ3n) is 5.54. The Morgan fingerprint density at radius 2 is 1.57 bits per heavy atom. The lowest BCUT2D eigenvalue weighted by Gasteiger charge is -2.36. The highest BCUT2D eigenvalue weighted by molar-refractivity contribution is 5.81. The lowest BCUT2D eigenvalue weighted by Crippen LogP contribution is -2.31. The first kappa shape index (κ1) is 21.5. The summed E-state index contributed by atoms with van der Waals surface area (Å²) in [6, 6.07) is 16.9. The second kappa shape index (κ2) is 8.28. The van der Waals surface area contributed by atoms with Crippen LogP contribution >= 0.6 is 0 Å². The normalized spacial score (nSPS) is 16.8. The van der Waals surface area contributed by atoms with Crippen molar-refractivity contribution in [3.63, 3.8) is 0 Å². The minimum absolute atomic E-state index is 0.163. The zero-order valence-electron chi connectivity index (χ0n) is 18.9. The molecule has 1 atom stereocenters. The van der Waals surface area contributed by atoms with Gasteiger partial charge in [-0.2, -0.15) is 5.26 Å². The van der Waals surface area contributed by atoms with Crippen LogP contribution in [0.25, 0.3) is 5.57 Å². The van der Waals surface area contributed by atoms with Gasteiger partial charge < -0.3 is 14.8 Å². The van der Waals surface area contributed by atoms with E-state index in [4.69, 9.17) is 9.47 Å². The van der Waals surface area contributed by atoms with Crippen LogP contribution in [0, 0.1) is 23.7 Å². The van der Waals surface area contributed by atoms with Gasteiger partial charge in [-0.1, -0.05) is 56.7 Å². The topological polar surface area (TPSA) is 54.3 Å². The molecule has 0 saturated heterocycles. The van der Waals surface area contributed by atoms with Gasteiger partial charge in [0, 0.05) is 22.7 Å². The summed E-state index contributed by atoms with van der Waals surface area (Å²) in [5, 5.41) is 13.8. The molecular weight excluding hydrogens is 372 g/mol. The first-order valence-corrected chi connectivity index (χ1v) is 10.1. The van der Waals surface area contributed by atoms with Crippen molar-refractivity contribution in [3.8, 4) is 17.6 Å². The highest BCUT2D eigenvalue weighted by Gasteiger charge is 2.35. The van der Waals surface area contributed by atoms with Crippen LogP contribution in [0.2, 0.25) is 0 Å². The van der Waals surface area contributed by atoms with E-state index < -0.39 is 0 Å². The third kappa shape index (κ3) is 3.93. The second-order valence-electron chi connectivity index (χ2n) is 8.73. The molecule has 1 aliphatic heterocycles. The Balaban J connectivity index is 2.28. The molecule has 0 bridgehead atoms. The second-order valence-corrected chi connectivity index (χ2v) is 8.73. The van der Waals surface area contributed by atoms with Crippen LogP contribution in [0.1, 0.15) is 50.3 Å². The summed E-state index contributed by atoms with van der Waals surface area (Å²) in [6.45, 7) is 10.5. The van der Waals surface area contributed by atoms with Crippen molar-refractivity contribution in [1.82, 2.24) is 5.32 Å². The third-order valence-corrected chi connectivity index (χ3v) is 5.54. The predicted octanol–water partition coefficient (Wildman–Crippen LogP) is 5.95. The van der Waals surface area contributed by atoms with Gasteiger partial charge >= 0.3 is 0 Å². The highest BCUT2D eigenvalue weighted by Crippen LogP contribution is 2.47. The molecule has 30 heavy (non-hydrogen) atoms. The van der Waals surface area contributed by atoms with E-state index in [1.54, 1.807) is 14.2 Å². The number of allylic oxidation sites excluding steroid dienone is 4. The molecule has 1 aliphatic rings. The number of nitriles is 1. The fourth-order valence-corrected chi connectivity index (χ4v) is 4.02. The maximum absolute atomic E-state index is 10.2. The molecule has 0 aromatic heterocycles. The minimum Gasteiger partial charge on any atom is -0.493 e. The number of rotatable bonds is 4. The molecule has 0 aliphatic carbocycles. The number of methoxy groups -OCH3 is 2. The Labute approximate surface area is 179 Å². The molecule has 0 saturated carbocycles. The van der Waals surface area contributed by atoms with Crippen molar-refractivity contribution in [2.45, 2.75) is 40.5 Å². The van der Waals surface area contributed by atoms with Crippen LogP contribution in [-0.4, -0.2) is 14.2 Å². The van der Waals surface area contributed by atoms with E-state index in [1.165, 1.54) is 5.56 Å². The molecule has 3 rings (SSSR count). The zero-order valence-corrected chi connectivity index (χ0v) is 18.9. The quantitative estimate of drug-likeness (QED) is 0.686. The smallest absolute Gasteiger partial charge is 0.161 e. The van der Waals surface area contributed by atoms with Gasteiger partial charge in [0.2, 0.25) is 0 Å². The number of nitrogens with one attached hydrogen (secondary N) is 1. The van der Waals surface area contributed by atoms with Gasteiger partial charge in [-0.15, -0.1) is 0 Å².